The number of anilines is 1. The number of amides is 1. The van der Waals surface area contributed by atoms with Gasteiger partial charge in [-0.2, -0.15) is 0 Å². The van der Waals surface area contributed by atoms with E-state index in [9.17, 15) is 19.5 Å². The first-order chi connectivity index (χ1) is 13.4. The number of fused-ring (bicyclic) bond motifs is 3. The SMILES string of the molecule is CC(C)OC(=O)c1c(NC(=O)[C@@H]2[C@@H](C(=O)O)[C@H]3C=C[C@@H]2CC3)sc2c1CCC2. The number of esters is 1. The molecule has 7 heteroatoms. The van der Waals surface area contributed by atoms with E-state index in [-0.39, 0.29) is 23.8 Å². The summed E-state index contributed by atoms with van der Waals surface area (Å²) in [5.74, 6) is -3.11. The molecule has 4 aliphatic carbocycles. The zero-order valence-corrected chi connectivity index (χ0v) is 16.9. The van der Waals surface area contributed by atoms with Gasteiger partial charge in [0.1, 0.15) is 5.00 Å². The first-order valence-corrected chi connectivity index (χ1v) is 10.8. The quantitative estimate of drug-likeness (QED) is 0.578. The number of nitrogens with one attached hydrogen (secondary N) is 1. The number of ether oxygens (including phenoxy) is 1. The highest BCUT2D eigenvalue weighted by molar-refractivity contribution is 7.17. The van der Waals surface area contributed by atoms with E-state index in [0.29, 0.717) is 10.6 Å². The van der Waals surface area contributed by atoms with E-state index in [4.69, 9.17) is 4.74 Å². The summed E-state index contributed by atoms with van der Waals surface area (Å²) in [6.45, 7) is 3.59. The summed E-state index contributed by atoms with van der Waals surface area (Å²) in [5.41, 5.74) is 1.44. The van der Waals surface area contributed by atoms with Gasteiger partial charge in [-0.3, -0.25) is 9.59 Å². The van der Waals surface area contributed by atoms with Crippen molar-refractivity contribution in [3.8, 4) is 0 Å². The van der Waals surface area contributed by atoms with E-state index in [2.05, 4.69) is 5.32 Å². The van der Waals surface area contributed by atoms with E-state index in [1.54, 1.807) is 13.8 Å². The van der Waals surface area contributed by atoms with Crippen molar-refractivity contribution in [3.05, 3.63) is 28.2 Å². The average molecular weight is 404 g/mol. The summed E-state index contributed by atoms with van der Waals surface area (Å²) in [6, 6.07) is 0. The molecule has 1 saturated carbocycles. The molecule has 0 aromatic carbocycles. The zero-order valence-electron chi connectivity index (χ0n) is 16.1. The Kier molecular flexibility index (Phi) is 5.04. The van der Waals surface area contributed by atoms with Crippen LogP contribution >= 0.6 is 11.3 Å². The average Bonchev–Trinajstić information content (AvgIpc) is 3.21. The number of carboxylic acid groups (broad SMARTS) is 1. The zero-order chi connectivity index (χ0) is 20.0. The minimum absolute atomic E-state index is 0.0658. The molecule has 0 unspecified atom stereocenters. The molecule has 1 aromatic heterocycles. The first kappa shape index (κ1) is 19.2. The third-order valence-corrected chi connectivity index (χ3v) is 7.25. The van der Waals surface area contributed by atoms with E-state index < -0.39 is 23.8 Å². The van der Waals surface area contributed by atoms with Crippen molar-refractivity contribution >= 4 is 34.2 Å². The third kappa shape index (κ3) is 3.26. The molecule has 1 heterocycles. The predicted molar refractivity (Wildman–Crippen MR) is 105 cm³/mol. The van der Waals surface area contributed by atoms with Crippen LogP contribution in [0.5, 0.6) is 0 Å². The van der Waals surface area contributed by atoms with Crippen LogP contribution in [0.15, 0.2) is 12.2 Å². The lowest BCUT2D eigenvalue weighted by molar-refractivity contribution is -0.151. The summed E-state index contributed by atoms with van der Waals surface area (Å²) in [7, 11) is 0. The Morgan fingerprint density at radius 1 is 1.14 bits per heavy atom. The minimum atomic E-state index is -0.924. The van der Waals surface area contributed by atoms with Crippen molar-refractivity contribution in [1.82, 2.24) is 0 Å². The number of aliphatic carboxylic acids is 1. The van der Waals surface area contributed by atoms with E-state index in [0.717, 1.165) is 42.5 Å². The van der Waals surface area contributed by atoms with E-state index >= 15 is 0 Å². The molecular formula is C21H25NO5S. The normalized spacial score (nSPS) is 27.7. The van der Waals surface area contributed by atoms with Crippen molar-refractivity contribution in [2.45, 2.75) is 52.1 Å². The van der Waals surface area contributed by atoms with Crippen molar-refractivity contribution in [1.29, 1.82) is 0 Å². The Morgan fingerprint density at radius 3 is 2.43 bits per heavy atom. The lowest BCUT2D eigenvalue weighted by Crippen LogP contribution is -2.47. The van der Waals surface area contributed by atoms with Gasteiger partial charge in [-0.15, -0.1) is 11.3 Å². The second-order valence-corrected chi connectivity index (χ2v) is 9.29. The highest BCUT2D eigenvalue weighted by atomic mass is 32.1. The summed E-state index contributed by atoms with van der Waals surface area (Å²) < 4.78 is 5.41. The lowest BCUT2D eigenvalue weighted by Gasteiger charge is -2.41. The van der Waals surface area contributed by atoms with Crippen LogP contribution in [0.2, 0.25) is 0 Å². The van der Waals surface area contributed by atoms with Gasteiger partial charge in [-0.1, -0.05) is 12.2 Å². The highest BCUT2D eigenvalue weighted by Gasteiger charge is 2.48. The van der Waals surface area contributed by atoms with E-state index in [1.807, 2.05) is 12.2 Å². The molecule has 1 aromatic rings. The maximum Gasteiger partial charge on any atom is 0.341 e. The number of carboxylic acids is 1. The van der Waals surface area contributed by atoms with Crippen LogP contribution in [0.1, 0.15) is 53.9 Å². The topological polar surface area (TPSA) is 92.7 Å². The summed E-state index contributed by atoms with van der Waals surface area (Å²) in [4.78, 5) is 38.8. The number of allylic oxidation sites excluding steroid dienone is 2. The van der Waals surface area contributed by atoms with Gasteiger partial charge >= 0.3 is 11.9 Å². The fourth-order valence-electron chi connectivity index (χ4n) is 4.86. The Morgan fingerprint density at radius 2 is 1.82 bits per heavy atom. The molecule has 2 bridgehead atoms. The number of rotatable bonds is 5. The molecule has 6 nitrogen and oxygen atoms in total. The lowest BCUT2D eigenvalue weighted by atomic mass is 9.62. The molecule has 1 amide bonds. The van der Waals surface area contributed by atoms with Crippen LogP contribution in [0.25, 0.3) is 0 Å². The summed E-state index contributed by atoms with van der Waals surface area (Å²) >= 11 is 1.43. The van der Waals surface area contributed by atoms with Gasteiger partial charge in [0.05, 0.1) is 23.5 Å². The predicted octanol–water partition coefficient (Wildman–Crippen LogP) is 3.65. The number of carbonyl (C=O) groups is 3. The fourth-order valence-corrected chi connectivity index (χ4v) is 6.15. The van der Waals surface area contributed by atoms with Crippen LogP contribution in [0.3, 0.4) is 0 Å². The third-order valence-electron chi connectivity index (χ3n) is 6.04. The molecule has 4 atom stereocenters. The number of thiophene rings is 1. The molecule has 4 aliphatic rings. The molecule has 0 spiro atoms. The van der Waals surface area contributed by atoms with Gasteiger partial charge in [-0.25, -0.2) is 4.79 Å². The van der Waals surface area contributed by atoms with E-state index in [1.165, 1.54) is 11.3 Å². The van der Waals surface area contributed by atoms with Crippen molar-refractivity contribution < 1.29 is 24.2 Å². The fraction of sp³-hybridized carbons (Fsp3) is 0.571. The number of hydrogen-bond acceptors (Lipinski definition) is 5. The Balaban J connectivity index is 1.62. The Labute approximate surface area is 168 Å². The second kappa shape index (κ2) is 7.35. The van der Waals surface area contributed by atoms with Gasteiger partial charge < -0.3 is 15.2 Å². The van der Waals surface area contributed by atoms with Crippen LogP contribution in [0, 0.1) is 23.7 Å². The van der Waals surface area contributed by atoms with Crippen molar-refractivity contribution in [3.63, 3.8) is 0 Å². The number of aryl methyl sites for hydroxylation is 1. The largest absolute Gasteiger partial charge is 0.481 e. The monoisotopic (exact) mass is 403 g/mol. The smallest absolute Gasteiger partial charge is 0.341 e. The molecule has 1 fully saturated rings. The number of hydrogen-bond donors (Lipinski definition) is 2. The van der Waals surface area contributed by atoms with Crippen molar-refractivity contribution in [2.24, 2.45) is 23.7 Å². The van der Waals surface area contributed by atoms with Gasteiger partial charge in [0.15, 0.2) is 0 Å². The maximum atomic E-state index is 13.1. The maximum absolute atomic E-state index is 13.1. The van der Waals surface area contributed by atoms with Gasteiger partial charge in [0.25, 0.3) is 0 Å². The molecule has 5 rings (SSSR count). The molecule has 150 valence electrons. The number of carbonyl (C=O) groups excluding carboxylic acids is 2. The molecule has 2 N–H and O–H groups in total. The van der Waals surface area contributed by atoms with Crippen LogP contribution < -0.4 is 5.32 Å². The molecule has 0 saturated heterocycles. The Bertz CT molecular complexity index is 855. The molecule has 28 heavy (non-hydrogen) atoms. The second-order valence-electron chi connectivity index (χ2n) is 8.18. The van der Waals surface area contributed by atoms with Crippen LogP contribution in [-0.4, -0.2) is 29.1 Å². The summed E-state index contributed by atoms with van der Waals surface area (Å²) in [6.07, 6.45) is 8.01. The molecule has 0 radical (unpaired) electrons. The van der Waals surface area contributed by atoms with Crippen LogP contribution in [-0.2, 0) is 27.2 Å². The highest BCUT2D eigenvalue weighted by Crippen LogP contribution is 2.46. The van der Waals surface area contributed by atoms with Crippen molar-refractivity contribution in [2.75, 3.05) is 5.32 Å². The van der Waals surface area contributed by atoms with Gasteiger partial charge in [-0.05, 0) is 63.4 Å². The van der Waals surface area contributed by atoms with Gasteiger partial charge in [0, 0.05) is 4.88 Å². The first-order valence-electron chi connectivity index (χ1n) is 9.94. The molecule has 0 aliphatic heterocycles. The van der Waals surface area contributed by atoms with Crippen LogP contribution in [0.4, 0.5) is 5.00 Å². The molecular weight excluding hydrogens is 378 g/mol. The minimum Gasteiger partial charge on any atom is -0.481 e. The summed E-state index contributed by atoms with van der Waals surface area (Å²) in [5, 5.41) is 13.1. The standard InChI is InChI=1S/C21H25NO5S/c1-10(2)27-21(26)17-13-4-3-5-14(13)28-19(17)22-18(23)15-11-6-8-12(9-7-11)16(15)20(24)25/h6,8,10-12,15-16H,3-5,7,9H2,1-2H3,(H,22,23)(H,24,25)/t11-,12+,15+,16+/m1/s1. The Hall–Kier alpha value is -2.15. The van der Waals surface area contributed by atoms with Gasteiger partial charge in [0.2, 0.25) is 5.91 Å².